The molecule has 1 aromatic rings. The minimum absolute atomic E-state index is 0.249. The van der Waals surface area contributed by atoms with Crippen LogP contribution in [0.25, 0.3) is 0 Å². The third-order valence-electron chi connectivity index (χ3n) is 4.86. The summed E-state index contributed by atoms with van der Waals surface area (Å²) in [6.45, 7) is 14.1. The fraction of sp³-hybridized carbons (Fsp3) is 0.688. The van der Waals surface area contributed by atoms with E-state index in [4.69, 9.17) is 4.43 Å². The molecule has 0 spiro atoms. The molecule has 0 aromatic carbocycles. The number of rotatable bonds is 4. The normalized spacial score (nSPS) is 19.8. The Kier molecular flexibility index (Phi) is 5.54. The topological polar surface area (TPSA) is 25.4 Å². The van der Waals surface area contributed by atoms with Crippen LogP contribution in [-0.4, -0.2) is 33.0 Å². The largest absolute Gasteiger partial charge is 0.416 e. The van der Waals surface area contributed by atoms with Gasteiger partial charge < -0.3 is 9.33 Å². The number of anilines is 1. The van der Waals surface area contributed by atoms with Crippen molar-refractivity contribution in [2.45, 2.75) is 45.3 Å². The maximum absolute atomic E-state index is 13.2. The highest BCUT2D eigenvalue weighted by Crippen LogP contribution is 2.37. The van der Waals surface area contributed by atoms with Gasteiger partial charge in [-0.25, -0.2) is 9.37 Å². The van der Waals surface area contributed by atoms with E-state index in [1.807, 2.05) is 0 Å². The summed E-state index contributed by atoms with van der Waals surface area (Å²) in [7, 11) is -1.68. The van der Waals surface area contributed by atoms with Crippen molar-refractivity contribution in [1.29, 1.82) is 0 Å². The molecule has 0 aliphatic carbocycles. The molecule has 2 rings (SSSR count). The first-order valence-electron chi connectivity index (χ1n) is 7.80. The lowest BCUT2D eigenvalue weighted by atomic mass is 10.1. The third-order valence-corrected chi connectivity index (χ3v) is 10.2. The van der Waals surface area contributed by atoms with Gasteiger partial charge in [-0.05, 0) is 53.2 Å². The second kappa shape index (κ2) is 6.73. The lowest BCUT2D eigenvalue weighted by molar-refractivity contribution is 0.238. The summed E-state index contributed by atoms with van der Waals surface area (Å²) >= 11 is 2.16. The van der Waals surface area contributed by atoms with Gasteiger partial charge in [-0.15, -0.1) is 0 Å². The minimum atomic E-state index is -1.68. The van der Waals surface area contributed by atoms with Crippen LogP contribution in [0.1, 0.15) is 27.2 Å². The van der Waals surface area contributed by atoms with Crippen LogP contribution in [0, 0.1) is 15.3 Å². The van der Waals surface area contributed by atoms with Crippen molar-refractivity contribution in [3.63, 3.8) is 0 Å². The van der Waals surface area contributed by atoms with E-state index in [0.29, 0.717) is 5.92 Å². The lowest BCUT2D eigenvalue weighted by Gasteiger charge is -2.37. The fourth-order valence-corrected chi connectivity index (χ4v) is 4.21. The Morgan fingerprint density at radius 1 is 1.45 bits per heavy atom. The van der Waals surface area contributed by atoms with Crippen molar-refractivity contribution < 1.29 is 8.82 Å². The Hall–Kier alpha value is -0.213. The number of hydrogen-bond donors (Lipinski definition) is 0. The Labute approximate surface area is 147 Å². The molecule has 1 atom stereocenters. The van der Waals surface area contributed by atoms with Gasteiger partial charge in [0.2, 0.25) is 0 Å². The number of pyridine rings is 1. The van der Waals surface area contributed by atoms with Gasteiger partial charge in [0.05, 0.1) is 9.77 Å². The number of nitrogens with zero attached hydrogens (tertiary/aromatic N) is 2. The van der Waals surface area contributed by atoms with Crippen LogP contribution in [0.5, 0.6) is 0 Å². The molecular weight excluding hydrogens is 410 g/mol. The zero-order valence-corrected chi connectivity index (χ0v) is 17.3. The van der Waals surface area contributed by atoms with E-state index in [1.54, 1.807) is 6.07 Å². The summed E-state index contributed by atoms with van der Waals surface area (Å²) < 4.78 is 20.4. The van der Waals surface area contributed by atoms with Gasteiger partial charge in [0.1, 0.15) is 11.6 Å². The summed E-state index contributed by atoms with van der Waals surface area (Å²) in [6, 6.07) is 1.54. The molecule has 6 heteroatoms. The molecule has 22 heavy (non-hydrogen) atoms. The Balaban J connectivity index is 1.93. The monoisotopic (exact) mass is 436 g/mol. The van der Waals surface area contributed by atoms with Crippen molar-refractivity contribution in [1.82, 2.24) is 4.98 Å². The molecule has 1 saturated heterocycles. The quantitative estimate of drug-likeness (QED) is 0.507. The fourth-order valence-electron chi connectivity index (χ4n) is 2.34. The average molecular weight is 436 g/mol. The van der Waals surface area contributed by atoms with E-state index in [9.17, 15) is 4.39 Å². The van der Waals surface area contributed by atoms with E-state index in [-0.39, 0.29) is 10.9 Å². The van der Waals surface area contributed by atoms with Gasteiger partial charge in [0.25, 0.3) is 0 Å². The molecule has 1 aliphatic heterocycles. The van der Waals surface area contributed by atoms with Crippen molar-refractivity contribution in [2.75, 3.05) is 24.6 Å². The summed E-state index contributed by atoms with van der Waals surface area (Å²) in [5, 5.41) is 0.249. The highest BCUT2D eigenvalue weighted by atomic mass is 127. The second-order valence-electron chi connectivity index (χ2n) is 7.63. The van der Waals surface area contributed by atoms with Crippen LogP contribution in [0.15, 0.2) is 12.3 Å². The van der Waals surface area contributed by atoms with Crippen LogP contribution in [0.3, 0.4) is 0 Å². The SMILES string of the molecule is CC(C)(C)[Si](C)(C)OC[C@@H]1CCN(c2ncc(F)cc2I)C1. The summed E-state index contributed by atoms with van der Waals surface area (Å²) in [4.78, 5) is 6.50. The van der Waals surface area contributed by atoms with Gasteiger partial charge >= 0.3 is 0 Å². The highest BCUT2D eigenvalue weighted by molar-refractivity contribution is 14.1. The van der Waals surface area contributed by atoms with E-state index < -0.39 is 8.32 Å². The average Bonchev–Trinajstić information content (AvgIpc) is 2.83. The van der Waals surface area contributed by atoms with Crippen molar-refractivity contribution in [2.24, 2.45) is 5.92 Å². The number of aromatic nitrogens is 1. The first-order chi connectivity index (χ1) is 10.1. The van der Waals surface area contributed by atoms with Crippen molar-refractivity contribution in [3.05, 3.63) is 21.7 Å². The van der Waals surface area contributed by atoms with E-state index in [1.165, 1.54) is 6.20 Å². The molecule has 0 amide bonds. The molecular formula is C16H26FIN2OSi. The zero-order valence-electron chi connectivity index (χ0n) is 14.1. The van der Waals surface area contributed by atoms with Crippen molar-refractivity contribution >= 4 is 36.7 Å². The van der Waals surface area contributed by atoms with Gasteiger partial charge in [0.15, 0.2) is 8.32 Å². The molecule has 1 fully saturated rings. The summed E-state index contributed by atoms with van der Waals surface area (Å²) in [5.41, 5.74) is 0. The number of hydrogen-bond acceptors (Lipinski definition) is 3. The third kappa shape index (κ3) is 4.20. The standard InChI is InChI=1S/C16H26FIN2OSi/c1-16(2,3)22(4,5)21-11-12-6-7-20(10-12)15-14(18)8-13(17)9-19-15/h8-9,12H,6-7,10-11H2,1-5H3/t12-/m1/s1. The number of halogens is 2. The zero-order chi connectivity index (χ0) is 16.5. The lowest BCUT2D eigenvalue weighted by Crippen LogP contribution is -2.42. The first kappa shape index (κ1) is 18.1. The molecule has 1 aromatic heterocycles. The molecule has 2 heterocycles. The van der Waals surface area contributed by atoms with Gasteiger partial charge in [-0.1, -0.05) is 20.8 Å². The van der Waals surface area contributed by atoms with Gasteiger partial charge in [-0.3, -0.25) is 0 Å². The minimum Gasteiger partial charge on any atom is -0.416 e. The summed E-state index contributed by atoms with van der Waals surface area (Å²) in [6.07, 6.45) is 2.42. The van der Waals surface area contributed by atoms with E-state index in [2.05, 4.69) is 66.3 Å². The smallest absolute Gasteiger partial charge is 0.191 e. The summed E-state index contributed by atoms with van der Waals surface area (Å²) in [5.74, 6) is 1.17. The van der Waals surface area contributed by atoms with E-state index in [0.717, 1.165) is 35.5 Å². The molecule has 3 nitrogen and oxygen atoms in total. The van der Waals surface area contributed by atoms with Crippen molar-refractivity contribution in [3.8, 4) is 0 Å². The van der Waals surface area contributed by atoms with Crippen LogP contribution < -0.4 is 4.90 Å². The Bertz CT molecular complexity index is 533. The predicted octanol–water partition coefficient (Wildman–Crippen LogP) is 4.67. The maximum Gasteiger partial charge on any atom is 0.191 e. The highest BCUT2D eigenvalue weighted by Gasteiger charge is 2.38. The Morgan fingerprint density at radius 2 is 2.14 bits per heavy atom. The Morgan fingerprint density at radius 3 is 2.73 bits per heavy atom. The van der Waals surface area contributed by atoms with Gasteiger partial charge in [-0.2, -0.15) is 0 Å². The van der Waals surface area contributed by atoms with Crippen LogP contribution in [0.4, 0.5) is 10.2 Å². The maximum atomic E-state index is 13.2. The molecule has 124 valence electrons. The molecule has 0 unspecified atom stereocenters. The first-order valence-corrected chi connectivity index (χ1v) is 11.8. The molecule has 0 radical (unpaired) electrons. The molecule has 0 saturated carbocycles. The van der Waals surface area contributed by atoms with E-state index >= 15 is 0 Å². The second-order valence-corrected chi connectivity index (χ2v) is 13.6. The van der Waals surface area contributed by atoms with Gasteiger partial charge in [0, 0.05) is 25.6 Å². The molecule has 0 bridgehead atoms. The molecule has 0 N–H and O–H groups in total. The van der Waals surface area contributed by atoms with Crippen LogP contribution in [0.2, 0.25) is 18.1 Å². The molecule has 1 aliphatic rings. The van der Waals surface area contributed by atoms with Crippen LogP contribution in [-0.2, 0) is 4.43 Å². The predicted molar refractivity (Wildman–Crippen MR) is 100 cm³/mol. The van der Waals surface area contributed by atoms with Crippen LogP contribution >= 0.6 is 22.6 Å².